The van der Waals surface area contributed by atoms with Gasteiger partial charge in [-0.3, -0.25) is 4.57 Å². The fourth-order valence-corrected chi connectivity index (χ4v) is 2.91. The van der Waals surface area contributed by atoms with Gasteiger partial charge in [0.25, 0.3) is 0 Å². The molecule has 0 saturated carbocycles. The molecule has 1 saturated heterocycles. The van der Waals surface area contributed by atoms with E-state index in [2.05, 4.69) is 0 Å². The second-order valence-electron chi connectivity index (χ2n) is 4.82. The molecule has 100 valence electrons. The number of methoxy groups -OCH3 is 1. The van der Waals surface area contributed by atoms with E-state index in [-0.39, 0.29) is 37.1 Å². The normalized spacial score (nSPS) is 26.6. The topological polar surface area (TPSA) is 84.1 Å². The Morgan fingerprint density at radius 2 is 1.83 bits per heavy atom. The third-order valence-electron chi connectivity index (χ3n) is 3.87. The van der Waals surface area contributed by atoms with Crippen molar-refractivity contribution in [3.8, 4) is 11.8 Å². The van der Waals surface area contributed by atoms with E-state index in [0.29, 0.717) is 11.1 Å². The molecule has 0 amide bonds. The molecule has 0 spiro atoms. The largest absolute Gasteiger partial charge is 0.494 e. The summed E-state index contributed by atoms with van der Waals surface area (Å²) in [5, 5.41) is 29.5. The van der Waals surface area contributed by atoms with Gasteiger partial charge in [0.1, 0.15) is 0 Å². The molecule has 2 aliphatic rings. The highest BCUT2D eigenvalue weighted by atomic mass is 16.5. The molecule has 6 nitrogen and oxygen atoms in total. The molecule has 6 heteroatoms. The zero-order valence-electron chi connectivity index (χ0n) is 10.2. The summed E-state index contributed by atoms with van der Waals surface area (Å²) < 4.78 is 12.1. The maximum Gasteiger partial charge on any atom is 0.200 e. The molecule has 2 aliphatic heterocycles. The summed E-state index contributed by atoms with van der Waals surface area (Å²) in [6.07, 6.45) is 1.09. The number of hydrogen-bond donors (Lipinski definition) is 3. The van der Waals surface area contributed by atoms with E-state index < -0.39 is 6.10 Å². The Morgan fingerprint density at radius 3 is 2.28 bits per heavy atom. The van der Waals surface area contributed by atoms with E-state index in [9.17, 15) is 10.2 Å². The predicted octanol–water partition coefficient (Wildman–Crippen LogP) is 0.813. The van der Waals surface area contributed by atoms with E-state index in [1.807, 2.05) is 0 Å². The summed E-state index contributed by atoms with van der Waals surface area (Å²) in [5.74, 6) is 0.0652. The maximum atomic E-state index is 10.2. The lowest BCUT2D eigenvalue weighted by Crippen LogP contribution is -2.22. The number of ether oxygens (including phenoxy) is 2. The standard InChI is InChI=1S/C12H17NO5/c1-17-6(5-14)4-13-11(15)9-7-2-3-8(18-7)10(9)12(13)16/h6-8,14-16H,2-5H2,1H3. The van der Waals surface area contributed by atoms with Crippen molar-refractivity contribution >= 4 is 0 Å². The van der Waals surface area contributed by atoms with Gasteiger partial charge < -0.3 is 24.8 Å². The molecule has 3 atom stereocenters. The highest BCUT2D eigenvalue weighted by Crippen LogP contribution is 2.57. The second kappa shape index (κ2) is 4.15. The number of aliphatic hydroxyl groups excluding tert-OH is 1. The molecule has 0 aliphatic carbocycles. The summed E-state index contributed by atoms with van der Waals surface area (Å²) >= 11 is 0. The smallest absolute Gasteiger partial charge is 0.200 e. The molecule has 1 fully saturated rings. The minimum Gasteiger partial charge on any atom is -0.494 e. The molecular formula is C12H17NO5. The lowest BCUT2D eigenvalue weighted by Gasteiger charge is -2.15. The van der Waals surface area contributed by atoms with Crippen molar-refractivity contribution in [3.05, 3.63) is 11.1 Å². The number of hydrogen-bond acceptors (Lipinski definition) is 5. The van der Waals surface area contributed by atoms with E-state index in [1.54, 1.807) is 0 Å². The molecule has 1 aromatic heterocycles. The van der Waals surface area contributed by atoms with Gasteiger partial charge in [0, 0.05) is 7.11 Å². The van der Waals surface area contributed by atoms with Crippen LogP contribution in [0.1, 0.15) is 36.2 Å². The van der Waals surface area contributed by atoms with Crippen molar-refractivity contribution < 1.29 is 24.8 Å². The lowest BCUT2D eigenvalue weighted by molar-refractivity contribution is 0.0329. The quantitative estimate of drug-likeness (QED) is 0.741. The van der Waals surface area contributed by atoms with Gasteiger partial charge in [0.05, 0.1) is 42.6 Å². The third kappa shape index (κ3) is 1.46. The molecule has 18 heavy (non-hydrogen) atoms. The predicted molar refractivity (Wildman–Crippen MR) is 61.4 cm³/mol. The Morgan fingerprint density at radius 1 is 1.28 bits per heavy atom. The Bertz CT molecular complexity index is 432. The molecule has 0 aromatic carbocycles. The molecule has 3 rings (SSSR count). The van der Waals surface area contributed by atoms with Crippen LogP contribution in [-0.2, 0) is 16.0 Å². The van der Waals surface area contributed by atoms with Crippen molar-refractivity contribution in [2.45, 2.75) is 37.7 Å². The highest BCUT2D eigenvalue weighted by molar-refractivity contribution is 5.52. The first kappa shape index (κ1) is 11.8. The van der Waals surface area contributed by atoms with Crippen LogP contribution >= 0.6 is 0 Å². The Kier molecular flexibility index (Phi) is 2.73. The van der Waals surface area contributed by atoms with Crippen molar-refractivity contribution in [2.24, 2.45) is 0 Å². The average molecular weight is 255 g/mol. The van der Waals surface area contributed by atoms with Gasteiger partial charge in [-0.15, -0.1) is 0 Å². The van der Waals surface area contributed by atoms with Crippen LogP contribution in [-0.4, -0.2) is 39.7 Å². The van der Waals surface area contributed by atoms with Crippen molar-refractivity contribution in [1.29, 1.82) is 0 Å². The SMILES string of the molecule is COC(CO)Cn1c(O)c2c(c1O)C1CCC2O1. The van der Waals surface area contributed by atoms with Crippen molar-refractivity contribution in [2.75, 3.05) is 13.7 Å². The van der Waals surface area contributed by atoms with Crippen molar-refractivity contribution in [1.82, 2.24) is 4.57 Å². The Balaban J connectivity index is 1.98. The van der Waals surface area contributed by atoms with Crippen LogP contribution in [0.15, 0.2) is 0 Å². The first-order chi connectivity index (χ1) is 8.67. The first-order valence-corrected chi connectivity index (χ1v) is 6.10. The Labute approximate surface area is 104 Å². The lowest BCUT2D eigenvalue weighted by atomic mass is 9.95. The summed E-state index contributed by atoms with van der Waals surface area (Å²) in [7, 11) is 1.49. The zero-order valence-corrected chi connectivity index (χ0v) is 10.2. The minimum atomic E-state index is -0.451. The van der Waals surface area contributed by atoms with Crippen LogP contribution in [0.25, 0.3) is 0 Å². The molecular weight excluding hydrogens is 238 g/mol. The van der Waals surface area contributed by atoms with E-state index >= 15 is 0 Å². The third-order valence-corrected chi connectivity index (χ3v) is 3.87. The highest BCUT2D eigenvalue weighted by Gasteiger charge is 2.45. The molecule has 3 heterocycles. The molecule has 3 N–H and O–H groups in total. The van der Waals surface area contributed by atoms with Gasteiger partial charge in [-0.2, -0.15) is 0 Å². The van der Waals surface area contributed by atoms with Gasteiger partial charge in [-0.1, -0.05) is 0 Å². The van der Waals surface area contributed by atoms with Crippen LogP contribution < -0.4 is 0 Å². The molecule has 2 bridgehead atoms. The second-order valence-corrected chi connectivity index (χ2v) is 4.82. The van der Waals surface area contributed by atoms with E-state index in [4.69, 9.17) is 14.6 Å². The zero-order chi connectivity index (χ0) is 12.9. The van der Waals surface area contributed by atoms with E-state index in [0.717, 1.165) is 12.8 Å². The fourth-order valence-electron chi connectivity index (χ4n) is 2.91. The number of aromatic nitrogens is 1. The Hall–Kier alpha value is -1.24. The van der Waals surface area contributed by atoms with Gasteiger partial charge in [-0.25, -0.2) is 0 Å². The van der Waals surface area contributed by atoms with Gasteiger partial charge in [0.2, 0.25) is 0 Å². The van der Waals surface area contributed by atoms with Gasteiger partial charge in [-0.05, 0) is 12.8 Å². The average Bonchev–Trinajstić information content (AvgIpc) is 3.03. The summed E-state index contributed by atoms with van der Waals surface area (Å²) in [6.45, 7) is 0.0543. The van der Waals surface area contributed by atoms with Crippen LogP contribution in [0.3, 0.4) is 0 Å². The van der Waals surface area contributed by atoms with Crippen LogP contribution in [0, 0.1) is 0 Å². The molecule has 1 aromatic rings. The van der Waals surface area contributed by atoms with Crippen molar-refractivity contribution in [3.63, 3.8) is 0 Å². The number of fused-ring (bicyclic) bond motifs is 5. The van der Waals surface area contributed by atoms with Crippen LogP contribution in [0.4, 0.5) is 0 Å². The number of rotatable bonds is 4. The minimum absolute atomic E-state index is 0.0326. The van der Waals surface area contributed by atoms with Gasteiger partial charge >= 0.3 is 0 Å². The summed E-state index contributed by atoms with van der Waals surface area (Å²) in [5.41, 5.74) is 1.41. The molecule has 3 unspecified atom stereocenters. The first-order valence-electron chi connectivity index (χ1n) is 6.10. The van der Waals surface area contributed by atoms with E-state index in [1.165, 1.54) is 11.7 Å². The monoisotopic (exact) mass is 255 g/mol. The number of aliphatic hydroxyl groups is 1. The fraction of sp³-hybridized carbons (Fsp3) is 0.667. The number of nitrogens with zero attached hydrogens (tertiary/aromatic N) is 1. The maximum absolute atomic E-state index is 10.2. The van der Waals surface area contributed by atoms with Gasteiger partial charge in [0.15, 0.2) is 11.8 Å². The van der Waals surface area contributed by atoms with Crippen LogP contribution in [0.2, 0.25) is 0 Å². The number of aromatic hydroxyl groups is 2. The van der Waals surface area contributed by atoms with Crippen LogP contribution in [0.5, 0.6) is 11.8 Å². The summed E-state index contributed by atoms with van der Waals surface area (Å²) in [4.78, 5) is 0. The summed E-state index contributed by atoms with van der Waals surface area (Å²) in [6, 6.07) is 0. The molecule has 0 radical (unpaired) electrons.